The summed E-state index contributed by atoms with van der Waals surface area (Å²) in [7, 11) is 1.79. The van der Waals surface area contributed by atoms with E-state index in [-0.39, 0.29) is 0 Å². The number of carboxylic acid groups (broad SMARTS) is 2. The van der Waals surface area contributed by atoms with Crippen LogP contribution in [0.3, 0.4) is 0 Å². The summed E-state index contributed by atoms with van der Waals surface area (Å²) in [5, 5.41) is 16.3. The van der Waals surface area contributed by atoms with E-state index in [0.29, 0.717) is 17.8 Å². The van der Waals surface area contributed by atoms with E-state index in [1.54, 1.807) is 19.5 Å². The number of nitrogens with two attached hydrogens (primary N) is 1. The molecule has 0 atom stereocenters. The second-order valence-electron chi connectivity index (χ2n) is 4.81. The number of amides is 2. The zero-order valence-corrected chi connectivity index (χ0v) is 12.2. The van der Waals surface area contributed by atoms with E-state index < -0.39 is 12.2 Å². The smallest absolute Gasteiger partial charge is 0.414 e. The van der Waals surface area contributed by atoms with E-state index in [0.717, 1.165) is 36.7 Å². The number of nitrogen functional groups attached to an aromatic ring is 1. The minimum atomic E-state index is -1.56. The summed E-state index contributed by atoms with van der Waals surface area (Å²) in [4.78, 5) is 27.0. The predicted molar refractivity (Wildman–Crippen MR) is 77.6 cm³/mol. The Labute approximate surface area is 127 Å². The molecule has 0 bridgehead atoms. The average molecular weight is 312 g/mol. The monoisotopic (exact) mass is 312 g/mol. The van der Waals surface area contributed by atoms with Gasteiger partial charge in [-0.2, -0.15) is 0 Å². The van der Waals surface area contributed by atoms with E-state index in [9.17, 15) is 9.59 Å². The number of anilines is 1. The number of hydrogen-bond donors (Lipinski definition) is 4. The molecule has 2 amide bonds. The molecule has 1 aliphatic rings. The number of ether oxygens (including phenoxy) is 1. The molecule has 0 aliphatic heterocycles. The molecule has 0 radical (unpaired) electrons. The SMILES string of the molecule is COC1CCC(c2cnc(N)cn2)CC1.O=C(O)NC(=O)O. The highest BCUT2D eigenvalue weighted by Gasteiger charge is 2.22. The van der Waals surface area contributed by atoms with Crippen LogP contribution in [-0.2, 0) is 4.74 Å². The van der Waals surface area contributed by atoms with Crippen LogP contribution in [0.1, 0.15) is 37.3 Å². The Kier molecular flexibility index (Phi) is 7.03. The molecular formula is C13H20N4O5. The van der Waals surface area contributed by atoms with Gasteiger partial charge in [0.1, 0.15) is 5.82 Å². The van der Waals surface area contributed by atoms with E-state index in [2.05, 4.69) is 9.97 Å². The minimum Gasteiger partial charge on any atom is -0.465 e. The second kappa shape index (κ2) is 8.78. The maximum Gasteiger partial charge on any atom is 0.414 e. The Morgan fingerprint density at radius 1 is 1.18 bits per heavy atom. The van der Waals surface area contributed by atoms with Crippen LogP contribution in [0.25, 0.3) is 0 Å². The van der Waals surface area contributed by atoms with E-state index in [1.807, 2.05) is 0 Å². The van der Waals surface area contributed by atoms with Crippen molar-refractivity contribution in [2.45, 2.75) is 37.7 Å². The Morgan fingerprint density at radius 2 is 1.77 bits per heavy atom. The summed E-state index contributed by atoms with van der Waals surface area (Å²) in [6, 6.07) is 0. The van der Waals surface area contributed by atoms with Gasteiger partial charge in [0.05, 0.1) is 24.2 Å². The van der Waals surface area contributed by atoms with E-state index in [4.69, 9.17) is 20.7 Å². The Hall–Kier alpha value is -2.42. The van der Waals surface area contributed by atoms with Gasteiger partial charge in [-0.15, -0.1) is 0 Å². The number of hydrogen-bond acceptors (Lipinski definition) is 6. The van der Waals surface area contributed by atoms with Gasteiger partial charge in [0.25, 0.3) is 0 Å². The molecule has 9 heteroatoms. The molecule has 1 heterocycles. The third kappa shape index (κ3) is 6.35. The van der Waals surface area contributed by atoms with Crippen LogP contribution >= 0.6 is 0 Å². The van der Waals surface area contributed by atoms with Crippen molar-refractivity contribution < 1.29 is 24.5 Å². The summed E-state index contributed by atoms with van der Waals surface area (Å²) in [6.07, 6.45) is 5.25. The summed E-state index contributed by atoms with van der Waals surface area (Å²) in [5.41, 5.74) is 6.57. The van der Waals surface area contributed by atoms with Gasteiger partial charge in [-0.05, 0) is 25.7 Å². The number of carbonyl (C=O) groups is 2. The Morgan fingerprint density at radius 3 is 2.14 bits per heavy atom. The normalized spacial score (nSPS) is 20.4. The fraction of sp³-hybridized carbons (Fsp3) is 0.538. The van der Waals surface area contributed by atoms with Crippen molar-refractivity contribution in [2.75, 3.05) is 12.8 Å². The van der Waals surface area contributed by atoms with Crippen LogP contribution in [0.4, 0.5) is 15.4 Å². The topological polar surface area (TPSA) is 148 Å². The van der Waals surface area contributed by atoms with Gasteiger partial charge < -0.3 is 20.7 Å². The van der Waals surface area contributed by atoms with Crippen molar-refractivity contribution in [1.29, 1.82) is 0 Å². The van der Waals surface area contributed by atoms with Crippen molar-refractivity contribution in [2.24, 2.45) is 0 Å². The fourth-order valence-corrected chi connectivity index (χ4v) is 2.24. The molecule has 0 saturated heterocycles. The maximum atomic E-state index is 9.32. The van der Waals surface area contributed by atoms with Gasteiger partial charge >= 0.3 is 12.2 Å². The van der Waals surface area contributed by atoms with E-state index in [1.165, 1.54) is 0 Å². The molecule has 1 aliphatic carbocycles. The van der Waals surface area contributed by atoms with Gasteiger partial charge in [0.2, 0.25) is 0 Å². The second-order valence-corrected chi connectivity index (χ2v) is 4.81. The lowest BCUT2D eigenvalue weighted by Crippen LogP contribution is -2.26. The number of methoxy groups -OCH3 is 1. The molecule has 9 nitrogen and oxygen atoms in total. The average Bonchev–Trinajstić information content (AvgIpc) is 2.47. The van der Waals surface area contributed by atoms with Crippen LogP contribution in [-0.4, -0.2) is 45.6 Å². The van der Waals surface area contributed by atoms with Crippen molar-refractivity contribution in [3.63, 3.8) is 0 Å². The summed E-state index contributed by atoms with van der Waals surface area (Å²) >= 11 is 0. The lowest BCUT2D eigenvalue weighted by molar-refractivity contribution is 0.0655. The molecule has 2 rings (SSSR count). The third-order valence-corrected chi connectivity index (χ3v) is 3.33. The summed E-state index contributed by atoms with van der Waals surface area (Å²) < 4.78 is 5.34. The van der Waals surface area contributed by atoms with Crippen molar-refractivity contribution in [3.05, 3.63) is 18.1 Å². The van der Waals surface area contributed by atoms with Gasteiger partial charge in [-0.1, -0.05) is 0 Å². The molecule has 1 aromatic rings. The number of nitrogens with one attached hydrogen (secondary N) is 1. The molecule has 1 fully saturated rings. The highest BCUT2D eigenvalue weighted by Crippen LogP contribution is 2.32. The Balaban J connectivity index is 0.000000295. The molecule has 0 unspecified atom stereocenters. The standard InChI is InChI=1S/C11H17N3O.C2H3NO4/c1-15-9-4-2-8(3-5-9)10-6-14-11(12)7-13-10;4-1(5)3-2(6)7/h6-9H,2-5H2,1H3,(H2,12,14);3H,(H,4,5)(H,6,7). The highest BCUT2D eigenvalue weighted by atomic mass is 16.5. The van der Waals surface area contributed by atoms with Gasteiger partial charge in [0, 0.05) is 13.0 Å². The molecule has 5 N–H and O–H groups in total. The van der Waals surface area contributed by atoms with Gasteiger partial charge in [-0.3, -0.25) is 4.98 Å². The van der Waals surface area contributed by atoms with Crippen LogP contribution in [0.15, 0.2) is 12.4 Å². The van der Waals surface area contributed by atoms with Gasteiger partial charge in [0.15, 0.2) is 0 Å². The molecule has 122 valence electrons. The quantitative estimate of drug-likeness (QED) is 0.644. The predicted octanol–water partition coefficient (Wildman–Crippen LogP) is 1.66. The van der Waals surface area contributed by atoms with Crippen LogP contribution in [0, 0.1) is 0 Å². The van der Waals surface area contributed by atoms with E-state index >= 15 is 0 Å². The van der Waals surface area contributed by atoms with Crippen LogP contribution in [0.5, 0.6) is 0 Å². The summed E-state index contributed by atoms with van der Waals surface area (Å²) in [5.74, 6) is 1.02. The number of imide groups is 1. The molecular weight excluding hydrogens is 292 g/mol. The maximum absolute atomic E-state index is 9.32. The zero-order valence-electron chi connectivity index (χ0n) is 12.2. The largest absolute Gasteiger partial charge is 0.465 e. The van der Waals surface area contributed by atoms with Crippen LogP contribution < -0.4 is 11.1 Å². The van der Waals surface area contributed by atoms with Crippen molar-refractivity contribution in [3.8, 4) is 0 Å². The first-order valence-corrected chi connectivity index (χ1v) is 6.75. The first kappa shape index (κ1) is 17.6. The molecule has 0 spiro atoms. The molecule has 22 heavy (non-hydrogen) atoms. The Bertz CT molecular complexity index is 474. The molecule has 0 aromatic carbocycles. The molecule has 1 saturated carbocycles. The first-order chi connectivity index (χ1) is 10.4. The minimum absolute atomic E-state index is 0.433. The zero-order chi connectivity index (χ0) is 16.5. The number of nitrogens with zero attached hydrogens (tertiary/aromatic N) is 2. The highest BCUT2D eigenvalue weighted by molar-refractivity contribution is 5.84. The lowest BCUT2D eigenvalue weighted by Gasteiger charge is -2.26. The number of aromatic nitrogens is 2. The lowest BCUT2D eigenvalue weighted by atomic mass is 9.85. The summed E-state index contributed by atoms with van der Waals surface area (Å²) in [6.45, 7) is 0. The third-order valence-electron chi connectivity index (χ3n) is 3.33. The molecule has 1 aromatic heterocycles. The number of rotatable bonds is 2. The van der Waals surface area contributed by atoms with Crippen molar-refractivity contribution in [1.82, 2.24) is 15.3 Å². The van der Waals surface area contributed by atoms with Crippen molar-refractivity contribution >= 4 is 18.0 Å². The van der Waals surface area contributed by atoms with Gasteiger partial charge in [-0.25, -0.2) is 19.9 Å². The fourth-order valence-electron chi connectivity index (χ4n) is 2.24. The first-order valence-electron chi connectivity index (χ1n) is 6.75. The van der Waals surface area contributed by atoms with Crippen LogP contribution in [0.2, 0.25) is 0 Å².